The van der Waals surface area contributed by atoms with Crippen molar-refractivity contribution in [1.29, 1.82) is 0 Å². The molecule has 13 nitrogen and oxygen atoms in total. The molecule has 1 aliphatic carbocycles. The van der Waals surface area contributed by atoms with Crippen molar-refractivity contribution in [3.05, 3.63) is 63.4 Å². The first-order chi connectivity index (χ1) is 18.8. The number of esters is 1. The molecule has 0 spiro atoms. The Labute approximate surface area is 228 Å². The largest absolute Gasteiger partial charge is 0.461 e. The fraction of sp³-hybridized carbons (Fsp3) is 0.560. The first-order valence-electron chi connectivity index (χ1n) is 12.9. The minimum atomic E-state index is -4.56. The molecule has 2 aliphatic rings. The van der Waals surface area contributed by atoms with Gasteiger partial charge in [0.15, 0.2) is 6.23 Å². The van der Waals surface area contributed by atoms with E-state index in [1.54, 1.807) is 18.2 Å². The maximum Gasteiger partial charge on any atom is 0.459 e. The number of carbonyl (C=O) groups excluding carboxylic acids is 1. The number of ether oxygens (including phenoxy) is 2. The summed E-state index contributed by atoms with van der Waals surface area (Å²) in [5, 5.41) is 23.9. The molecule has 0 radical (unpaired) electrons. The van der Waals surface area contributed by atoms with Crippen LogP contribution in [0.15, 0.2) is 52.2 Å². The number of rotatable bonds is 10. The lowest BCUT2D eigenvalue weighted by molar-refractivity contribution is -0.204. The van der Waals surface area contributed by atoms with Gasteiger partial charge in [-0.2, -0.15) is 5.09 Å². The van der Waals surface area contributed by atoms with E-state index in [1.807, 2.05) is 4.98 Å². The molecule has 1 aromatic heterocycles. The van der Waals surface area contributed by atoms with Crippen molar-refractivity contribution < 1.29 is 42.5 Å². The van der Waals surface area contributed by atoms with Crippen molar-refractivity contribution in [2.24, 2.45) is 0 Å². The highest BCUT2D eigenvalue weighted by Crippen LogP contribution is 2.50. The van der Waals surface area contributed by atoms with Crippen LogP contribution in [-0.4, -0.2) is 62.0 Å². The molecule has 2 fully saturated rings. The van der Waals surface area contributed by atoms with Crippen LogP contribution in [0.5, 0.6) is 5.75 Å². The second-order valence-electron chi connectivity index (χ2n) is 10.1. The molecule has 4 rings (SSSR count). The van der Waals surface area contributed by atoms with E-state index < -0.39 is 61.4 Å². The minimum absolute atomic E-state index is 0.0663. The summed E-state index contributed by atoms with van der Waals surface area (Å²) in [6, 6.07) is 7.51. The number of aliphatic hydroxyl groups excluding tert-OH is 1. The van der Waals surface area contributed by atoms with Crippen LogP contribution in [-0.2, 0) is 23.4 Å². The molecule has 2 heterocycles. The fourth-order valence-corrected chi connectivity index (χ4v) is 6.13. The average molecular weight is 586 g/mol. The lowest BCUT2D eigenvalue weighted by Gasteiger charge is -2.29. The number of para-hydroxylation sites is 1. The molecule has 1 saturated carbocycles. The molecular formula is C25H33FN3O10P. The van der Waals surface area contributed by atoms with Crippen LogP contribution < -0.4 is 20.9 Å². The van der Waals surface area contributed by atoms with Crippen molar-refractivity contribution in [3.8, 4) is 5.75 Å². The van der Waals surface area contributed by atoms with E-state index in [0.717, 1.165) is 38.4 Å². The Morgan fingerprint density at radius 3 is 2.58 bits per heavy atom. The Morgan fingerprint density at radius 1 is 1.25 bits per heavy atom. The van der Waals surface area contributed by atoms with Gasteiger partial charge in [0.25, 0.3) is 11.4 Å². The Hall–Kier alpha value is -2.87. The molecule has 15 heteroatoms. The van der Waals surface area contributed by atoms with Crippen LogP contribution in [0.2, 0.25) is 0 Å². The summed E-state index contributed by atoms with van der Waals surface area (Å²) in [5.74, 6) is -3.84. The van der Waals surface area contributed by atoms with Gasteiger partial charge in [0.2, 0.25) is 0 Å². The number of benzene rings is 1. The van der Waals surface area contributed by atoms with Gasteiger partial charge in [-0.15, -0.1) is 0 Å². The number of halogens is 1. The number of hydrogen-bond acceptors (Lipinski definition) is 10. The van der Waals surface area contributed by atoms with Crippen LogP contribution in [0.25, 0.3) is 0 Å². The Bertz CT molecular complexity index is 1350. The summed E-state index contributed by atoms with van der Waals surface area (Å²) in [6.45, 7) is 1.15. The molecule has 1 aliphatic heterocycles. The van der Waals surface area contributed by atoms with Gasteiger partial charge in [0, 0.05) is 12.3 Å². The summed E-state index contributed by atoms with van der Waals surface area (Å²) in [7, 11) is -4.56. The number of hydrogen-bond donors (Lipinski definition) is 4. The zero-order valence-electron chi connectivity index (χ0n) is 22.0. The third-order valence-corrected chi connectivity index (χ3v) is 8.44. The smallest absolute Gasteiger partial charge is 0.459 e. The summed E-state index contributed by atoms with van der Waals surface area (Å²) in [4.78, 5) is 38.3. The lowest BCUT2D eigenvalue weighted by Crippen LogP contribution is -2.50. The first-order valence-corrected chi connectivity index (χ1v) is 14.4. The Balaban J connectivity index is 1.53. The van der Waals surface area contributed by atoms with E-state index in [0.29, 0.717) is 17.4 Å². The highest BCUT2D eigenvalue weighted by atomic mass is 31.2. The van der Waals surface area contributed by atoms with Crippen molar-refractivity contribution in [3.63, 3.8) is 0 Å². The second-order valence-corrected chi connectivity index (χ2v) is 11.8. The normalized spacial score (nSPS) is 29.4. The standard InChI is InChI=1S/C25H33FN3O10P/c1-16(20(31)37-17-9-5-3-6-10-17)28-40(35,39-18-11-7-4-8-12-18)36-15-25(26)21(32)24(2,34)22(38-25)29-14-13-19(30)27-23(29)33/h4,7-8,11-14,16-17,21-22,32,34H,3,5-6,9-10,15H2,1-2H3,(H,28,35)(H,27,30,33)/t16?,21-,22?,24+,25+,40?/m0/s1. The van der Waals surface area contributed by atoms with Gasteiger partial charge in [-0.25, -0.2) is 13.8 Å². The molecule has 1 aromatic carbocycles. The van der Waals surface area contributed by atoms with E-state index >= 15 is 4.39 Å². The van der Waals surface area contributed by atoms with Crippen LogP contribution in [0.1, 0.15) is 52.2 Å². The molecule has 3 unspecified atom stereocenters. The van der Waals surface area contributed by atoms with Crippen LogP contribution in [0.4, 0.5) is 4.39 Å². The number of carbonyl (C=O) groups is 1. The van der Waals surface area contributed by atoms with E-state index in [4.69, 9.17) is 18.5 Å². The van der Waals surface area contributed by atoms with Crippen LogP contribution >= 0.6 is 7.75 Å². The van der Waals surface area contributed by atoms with Gasteiger partial charge in [0.05, 0.1) is 0 Å². The molecular weight excluding hydrogens is 552 g/mol. The summed E-state index contributed by atoms with van der Waals surface area (Å²) in [6.07, 6.45) is 0.925. The van der Waals surface area contributed by atoms with Gasteiger partial charge in [0.1, 0.15) is 36.2 Å². The monoisotopic (exact) mass is 585 g/mol. The fourth-order valence-electron chi connectivity index (χ4n) is 4.63. The number of alkyl halides is 1. The number of H-pyrrole nitrogens is 1. The van der Waals surface area contributed by atoms with Crippen LogP contribution in [0.3, 0.4) is 0 Å². The topological polar surface area (TPSA) is 178 Å². The maximum atomic E-state index is 16.0. The predicted octanol–water partition coefficient (Wildman–Crippen LogP) is 1.90. The molecule has 2 aromatic rings. The third-order valence-electron chi connectivity index (χ3n) is 6.81. The molecule has 6 atom stereocenters. The summed E-state index contributed by atoms with van der Waals surface area (Å²) in [5.41, 5.74) is -4.16. The van der Waals surface area contributed by atoms with Crippen molar-refractivity contribution in [1.82, 2.24) is 14.6 Å². The quantitative estimate of drug-likeness (QED) is 0.236. The number of nitrogens with zero attached hydrogens (tertiary/aromatic N) is 1. The zero-order chi connectivity index (χ0) is 29.1. The molecule has 40 heavy (non-hydrogen) atoms. The van der Waals surface area contributed by atoms with E-state index in [1.165, 1.54) is 19.1 Å². The van der Waals surface area contributed by atoms with Gasteiger partial charge >= 0.3 is 19.4 Å². The molecule has 220 valence electrons. The van der Waals surface area contributed by atoms with Gasteiger partial charge in [-0.3, -0.25) is 23.7 Å². The number of aliphatic hydroxyl groups is 2. The second kappa shape index (κ2) is 11.9. The van der Waals surface area contributed by atoms with E-state index in [-0.39, 0.29) is 11.9 Å². The Kier molecular flexibility index (Phi) is 8.98. The highest BCUT2D eigenvalue weighted by Gasteiger charge is 2.63. The Morgan fingerprint density at radius 2 is 1.93 bits per heavy atom. The maximum absolute atomic E-state index is 16.0. The predicted molar refractivity (Wildman–Crippen MR) is 138 cm³/mol. The number of aromatic nitrogens is 2. The van der Waals surface area contributed by atoms with E-state index in [9.17, 15) is 29.2 Å². The molecule has 4 N–H and O–H groups in total. The highest BCUT2D eigenvalue weighted by molar-refractivity contribution is 7.52. The third kappa shape index (κ3) is 6.70. The van der Waals surface area contributed by atoms with Gasteiger partial charge in [-0.1, -0.05) is 24.6 Å². The minimum Gasteiger partial charge on any atom is -0.461 e. The van der Waals surface area contributed by atoms with Gasteiger partial charge < -0.3 is 24.2 Å². The van der Waals surface area contributed by atoms with Crippen molar-refractivity contribution in [2.45, 2.75) is 81.9 Å². The van der Waals surface area contributed by atoms with E-state index in [2.05, 4.69) is 5.09 Å². The average Bonchev–Trinajstić information content (AvgIpc) is 3.09. The first kappa shape index (κ1) is 30.1. The van der Waals surface area contributed by atoms with Crippen molar-refractivity contribution in [2.75, 3.05) is 6.61 Å². The lowest BCUT2D eigenvalue weighted by atomic mass is 9.95. The van der Waals surface area contributed by atoms with Crippen molar-refractivity contribution >= 4 is 13.7 Å². The zero-order valence-corrected chi connectivity index (χ0v) is 22.9. The summed E-state index contributed by atoms with van der Waals surface area (Å²) >= 11 is 0. The molecule has 1 saturated heterocycles. The number of nitrogens with one attached hydrogen (secondary N) is 2. The van der Waals surface area contributed by atoms with Crippen LogP contribution in [0, 0.1) is 0 Å². The molecule has 0 amide bonds. The molecule has 0 bridgehead atoms. The van der Waals surface area contributed by atoms with Gasteiger partial charge in [-0.05, 0) is 51.7 Å². The SMILES string of the molecule is CC(NP(=O)(OC[C@@]1(F)OC(n2ccc(=O)[nH]c2=O)[C@](C)(O)[C@@H]1O)Oc1ccccc1)C(=O)OC1CCCCC1. The number of aromatic amines is 1. The summed E-state index contributed by atoms with van der Waals surface area (Å²) < 4.78 is 52.0.